The van der Waals surface area contributed by atoms with E-state index in [0.29, 0.717) is 53.7 Å². The number of halogens is 1. The highest BCUT2D eigenvalue weighted by molar-refractivity contribution is 6.31. The first kappa shape index (κ1) is 36.7. The zero-order valence-corrected chi connectivity index (χ0v) is 29.5. The van der Waals surface area contributed by atoms with Crippen molar-refractivity contribution in [1.29, 1.82) is 0 Å². The third-order valence-corrected chi connectivity index (χ3v) is 10.4. The Balaban J connectivity index is 1.12. The van der Waals surface area contributed by atoms with Crippen LogP contribution in [-0.2, 0) is 19.2 Å². The summed E-state index contributed by atoms with van der Waals surface area (Å²) in [6, 6.07) is 13.5. The fourth-order valence-corrected chi connectivity index (χ4v) is 7.20. The number of hydrogen-bond acceptors (Lipinski definition) is 8. The number of pyridine rings is 1. The van der Waals surface area contributed by atoms with E-state index < -0.39 is 29.9 Å². The van der Waals surface area contributed by atoms with Crippen molar-refractivity contribution >= 4 is 57.9 Å². The molecular weight excluding hydrogens is 690 g/mol. The summed E-state index contributed by atoms with van der Waals surface area (Å²) < 4.78 is 5.99. The molecular formula is C38H42ClN5O8. The fourth-order valence-electron chi connectivity index (χ4n) is 7.01. The Labute approximate surface area is 306 Å². The minimum atomic E-state index is -1.17. The summed E-state index contributed by atoms with van der Waals surface area (Å²) in [6.07, 6.45) is 4.56. The molecule has 1 aliphatic carbocycles. The maximum Gasteiger partial charge on any atom is 0.303 e. The number of aromatic nitrogens is 1. The monoisotopic (exact) mass is 731 g/mol. The zero-order chi connectivity index (χ0) is 36.8. The third kappa shape index (κ3) is 8.70. The van der Waals surface area contributed by atoms with E-state index >= 15 is 0 Å². The van der Waals surface area contributed by atoms with Gasteiger partial charge in [-0.15, -0.1) is 0 Å². The highest BCUT2D eigenvalue weighted by atomic mass is 35.5. The Morgan fingerprint density at radius 3 is 2.40 bits per heavy atom. The van der Waals surface area contributed by atoms with Crippen LogP contribution in [0.5, 0.6) is 5.75 Å². The van der Waals surface area contributed by atoms with Crippen molar-refractivity contribution in [1.82, 2.24) is 25.4 Å². The SMILES string of the molecule is O=C(O)CC[C@H](NC(=O)c1cc(OCC(=O)N2CCC[C@H]2C(=O)NC2CCC2)c2ccccc2n1)C(=O)N1CCC(C(=O)c2cccc(Cl)c2)CC1. The van der Waals surface area contributed by atoms with Crippen LogP contribution in [0.2, 0.25) is 5.02 Å². The lowest BCUT2D eigenvalue weighted by Gasteiger charge is -2.34. The summed E-state index contributed by atoms with van der Waals surface area (Å²) in [5.41, 5.74) is 0.835. The molecule has 3 heterocycles. The Morgan fingerprint density at radius 1 is 0.923 bits per heavy atom. The summed E-state index contributed by atoms with van der Waals surface area (Å²) in [5.74, 6) is -2.93. The quantitative estimate of drug-likeness (QED) is 0.220. The van der Waals surface area contributed by atoms with Crippen LogP contribution in [0.1, 0.15) is 78.6 Å². The molecule has 3 fully saturated rings. The molecule has 0 spiro atoms. The summed E-state index contributed by atoms with van der Waals surface area (Å²) in [7, 11) is 0. The molecule has 3 aromatic rings. The number of carbonyl (C=O) groups is 6. The van der Waals surface area contributed by atoms with Crippen molar-refractivity contribution in [3.63, 3.8) is 0 Å². The highest BCUT2D eigenvalue weighted by Gasteiger charge is 2.36. The lowest BCUT2D eigenvalue weighted by atomic mass is 9.88. The normalized spacial score (nSPS) is 18.4. The minimum absolute atomic E-state index is 0.0536. The van der Waals surface area contributed by atoms with Gasteiger partial charge < -0.3 is 30.3 Å². The molecule has 274 valence electrons. The van der Waals surface area contributed by atoms with Gasteiger partial charge in [0.15, 0.2) is 12.4 Å². The van der Waals surface area contributed by atoms with Crippen LogP contribution in [0.15, 0.2) is 54.6 Å². The number of Topliss-reactive ketones (excluding diaryl/α,β-unsaturated/α-hetero) is 1. The number of para-hydroxylation sites is 1. The fraction of sp³-hybridized carbons (Fsp3) is 0.447. The van der Waals surface area contributed by atoms with Gasteiger partial charge in [-0.2, -0.15) is 0 Å². The number of ether oxygens (including phenoxy) is 1. The van der Waals surface area contributed by atoms with Gasteiger partial charge in [-0.05, 0) is 75.6 Å². The molecule has 0 radical (unpaired) electrons. The predicted molar refractivity (Wildman–Crippen MR) is 191 cm³/mol. The van der Waals surface area contributed by atoms with Gasteiger partial charge in [-0.1, -0.05) is 35.9 Å². The number of fused-ring (bicyclic) bond motifs is 1. The number of benzene rings is 2. The smallest absolute Gasteiger partial charge is 0.303 e. The van der Waals surface area contributed by atoms with E-state index in [0.717, 1.165) is 19.3 Å². The molecule has 0 unspecified atom stereocenters. The van der Waals surface area contributed by atoms with Crippen molar-refractivity contribution in [3.8, 4) is 5.75 Å². The Kier molecular flexibility index (Phi) is 11.7. The van der Waals surface area contributed by atoms with Gasteiger partial charge in [0.1, 0.15) is 23.5 Å². The number of likely N-dealkylation sites (tertiary alicyclic amines) is 2. The Bertz CT molecular complexity index is 1860. The zero-order valence-electron chi connectivity index (χ0n) is 28.7. The Morgan fingerprint density at radius 2 is 1.69 bits per heavy atom. The first-order chi connectivity index (χ1) is 25.1. The van der Waals surface area contributed by atoms with Crippen molar-refractivity contribution in [2.75, 3.05) is 26.2 Å². The molecule has 2 atom stereocenters. The molecule has 2 aliphatic heterocycles. The average molecular weight is 732 g/mol. The number of ketones is 1. The molecule has 1 saturated carbocycles. The minimum Gasteiger partial charge on any atom is -0.483 e. The number of carboxylic acids is 1. The summed E-state index contributed by atoms with van der Waals surface area (Å²) in [4.78, 5) is 85.7. The van der Waals surface area contributed by atoms with Crippen LogP contribution in [-0.4, -0.2) is 99.6 Å². The second-order valence-electron chi connectivity index (χ2n) is 13.6. The van der Waals surface area contributed by atoms with E-state index in [9.17, 15) is 33.9 Å². The lowest BCUT2D eigenvalue weighted by molar-refractivity contribution is -0.140. The summed E-state index contributed by atoms with van der Waals surface area (Å²) in [6.45, 7) is 0.598. The van der Waals surface area contributed by atoms with Gasteiger partial charge in [0.2, 0.25) is 11.8 Å². The van der Waals surface area contributed by atoms with Gasteiger partial charge in [0.25, 0.3) is 11.8 Å². The number of hydrogen-bond donors (Lipinski definition) is 3. The van der Waals surface area contributed by atoms with Crippen LogP contribution in [0.3, 0.4) is 0 Å². The van der Waals surface area contributed by atoms with E-state index in [1.165, 1.54) is 6.07 Å². The molecule has 2 aromatic carbocycles. The number of rotatable bonds is 13. The van der Waals surface area contributed by atoms with Gasteiger partial charge in [-0.3, -0.25) is 28.8 Å². The van der Waals surface area contributed by atoms with Gasteiger partial charge in [-0.25, -0.2) is 4.98 Å². The number of piperidine rings is 1. The molecule has 3 aliphatic rings. The highest BCUT2D eigenvalue weighted by Crippen LogP contribution is 2.28. The van der Waals surface area contributed by atoms with E-state index in [1.807, 2.05) is 0 Å². The first-order valence-corrected chi connectivity index (χ1v) is 18.2. The van der Waals surface area contributed by atoms with Crippen molar-refractivity contribution in [2.24, 2.45) is 5.92 Å². The van der Waals surface area contributed by atoms with Crippen LogP contribution < -0.4 is 15.4 Å². The van der Waals surface area contributed by atoms with E-state index in [1.54, 1.807) is 58.3 Å². The largest absolute Gasteiger partial charge is 0.483 e. The number of carbonyl (C=O) groups excluding carboxylic acids is 5. The van der Waals surface area contributed by atoms with Crippen molar-refractivity contribution in [3.05, 3.63) is 70.9 Å². The number of carboxylic acid groups (broad SMARTS) is 1. The number of aliphatic carboxylic acids is 1. The molecule has 4 amide bonds. The number of amides is 4. The average Bonchev–Trinajstić information content (AvgIpc) is 3.63. The first-order valence-electron chi connectivity index (χ1n) is 17.8. The van der Waals surface area contributed by atoms with Gasteiger partial charge in [0.05, 0.1) is 5.52 Å². The van der Waals surface area contributed by atoms with Crippen LogP contribution in [0, 0.1) is 5.92 Å². The van der Waals surface area contributed by atoms with E-state index in [2.05, 4.69) is 15.6 Å². The van der Waals surface area contributed by atoms with Crippen LogP contribution in [0.4, 0.5) is 0 Å². The van der Waals surface area contributed by atoms with Crippen LogP contribution >= 0.6 is 11.6 Å². The molecule has 6 rings (SSSR count). The standard InChI is InChI=1S/C38H42ClN5O8/c39-25-7-3-6-24(20-25)35(48)23-15-18-43(19-16-23)38(51)29(13-14-34(46)47)42-36(49)30-21-32(27-10-1-2-11-28(27)41-30)52-22-33(45)44-17-5-12-31(44)37(50)40-26-8-4-9-26/h1-3,6-7,10-11,20-21,23,26,29,31H,4-5,8-9,12-19,22H2,(H,40,50)(H,42,49)(H,46,47)/t29-,31-/m0/s1. The van der Waals surface area contributed by atoms with E-state index in [4.69, 9.17) is 16.3 Å². The summed E-state index contributed by atoms with van der Waals surface area (Å²) in [5, 5.41) is 16.1. The molecule has 52 heavy (non-hydrogen) atoms. The van der Waals surface area contributed by atoms with Crippen LogP contribution in [0.25, 0.3) is 10.9 Å². The maximum atomic E-state index is 13.7. The maximum absolute atomic E-state index is 13.7. The van der Waals surface area contributed by atoms with Crippen molar-refractivity contribution < 1.29 is 38.6 Å². The topological polar surface area (TPSA) is 175 Å². The summed E-state index contributed by atoms with van der Waals surface area (Å²) >= 11 is 6.07. The van der Waals surface area contributed by atoms with Gasteiger partial charge >= 0.3 is 5.97 Å². The second kappa shape index (κ2) is 16.5. The third-order valence-electron chi connectivity index (χ3n) is 10.1. The molecule has 2 saturated heterocycles. The molecule has 3 N–H and O–H groups in total. The molecule has 1 aromatic heterocycles. The number of nitrogens with zero attached hydrogens (tertiary/aromatic N) is 3. The number of nitrogens with one attached hydrogen (secondary N) is 2. The van der Waals surface area contributed by atoms with Gasteiger partial charge in [0, 0.05) is 60.1 Å². The second-order valence-corrected chi connectivity index (χ2v) is 14.1. The van der Waals surface area contributed by atoms with Crippen molar-refractivity contribution in [2.45, 2.75) is 75.9 Å². The Hall–Kier alpha value is -5.04. The molecule has 13 nitrogen and oxygen atoms in total. The van der Waals surface area contributed by atoms with E-state index in [-0.39, 0.29) is 73.5 Å². The molecule has 0 bridgehead atoms. The lowest BCUT2D eigenvalue weighted by Crippen LogP contribution is -2.51. The molecule has 14 heteroatoms. The predicted octanol–water partition coefficient (Wildman–Crippen LogP) is 4.01.